The maximum absolute atomic E-state index is 5.67. The summed E-state index contributed by atoms with van der Waals surface area (Å²) in [6.45, 7) is 4.23. The molecule has 0 spiro atoms. The second-order valence-electron chi connectivity index (χ2n) is 5.13. The molecule has 1 aromatic rings. The first-order valence-electron chi connectivity index (χ1n) is 7.24. The van der Waals surface area contributed by atoms with Crippen LogP contribution in [0.5, 0.6) is 0 Å². The molecule has 2 heteroatoms. The average Bonchev–Trinajstić information content (AvgIpc) is 2.40. The van der Waals surface area contributed by atoms with E-state index >= 15 is 0 Å². The van der Waals surface area contributed by atoms with Crippen LogP contribution in [-0.4, -0.2) is 20.1 Å². The Morgan fingerprint density at radius 3 is 2.44 bits per heavy atom. The molecule has 102 valence electrons. The minimum Gasteiger partial charge on any atom is -0.375 e. The fourth-order valence-electron chi connectivity index (χ4n) is 2.51. The number of rotatable bonds is 9. The normalized spacial score (nSPS) is 12.4. The van der Waals surface area contributed by atoms with E-state index in [0.717, 1.165) is 19.0 Å². The van der Waals surface area contributed by atoms with Crippen LogP contribution in [0.4, 0.5) is 5.69 Å². The van der Waals surface area contributed by atoms with Gasteiger partial charge in [-0.15, -0.1) is 0 Å². The minimum absolute atomic E-state index is 0.823. The van der Waals surface area contributed by atoms with E-state index in [1.54, 1.807) is 0 Å². The number of nitrogens with zero attached hydrogens (tertiary/aromatic N) is 1. The van der Waals surface area contributed by atoms with Gasteiger partial charge < -0.3 is 10.6 Å². The first-order valence-corrected chi connectivity index (χ1v) is 7.24. The van der Waals surface area contributed by atoms with Crippen molar-refractivity contribution in [2.24, 2.45) is 11.7 Å². The Morgan fingerprint density at radius 2 is 1.83 bits per heavy atom. The zero-order valence-corrected chi connectivity index (χ0v) is 11.9. The van der Waals surface area contributed by atoms with Crippen LogP contribution in [-0.2, 0) is 0 Å². The van der Waals surface area contributed by atoms with Crippen LogP contribution in [0.2, 0.25) is 0 Å². The average molecular weight is 248 g/mol. The Kier molecular flexibility index (Phi) is 7.51. The predicted octanol–water partition coefficient (Wildman–Crippen LogP) is 3.67. The molecule has 1 rings (SSSR count). The van der Waals surface area contributed by atoms with Crippen LogP contribution < -0.4 is 10.6 Å². The number of hydrogen-bond acceptors (Lipinski definition) is 2. The smallest absolute Gasteiger partial charge is 0.0363 e. The number of benzene rings is 1. The number of nitrogens with two attached hydrogens (primary N) is 1. The molecule has 2 N–H and O–H groups in total. The molecule has 0 saturated carbocycles. The molecular formula is C16H28N2. The molecule has 0 fully saturated rings. The summed E-state index contributed by atoms with van der Waals surface area (Å²) in [5.41, 5.74) is 6.98. The van der Waals surface area contributed by atoms with Gasteiger partial charge in [0.25, 0.3) is 0 Å². The van der Waals surface area contributed by atoms with Crippen molar-refractivity contribution >= 4 is 5.69 Å². The van der Waals surface area contributed by atoms with Gasteiger partial charge in [-0.1, -0.05) is 38.0 Å². The van der Waals surface area contributed by atoms with Gasteiger partial charge in [-0.25, -0.2) is 0 Å². The molecule has 18 heavy (non-hydrogen) atoms. The van der Waals surface area contributed by atoms with Gasteiger partial charge in [0.2, 0.25) is 0 Å². The molecule has 0 aliphatic rings. The van der Waals surface area contributed by atoms with E-state index in [1.807, 2.05) is 0 Å². The Bertz CT molecular complexity index is 291. The highest BCUT2D eigenvalue weighted by molar-refractivity contribution is 5.44. The Labute approximate surface area is 112 Å². The van der Waals surface area contributed by atoms with E-state index in [2.05, 4.69) is 49.2 Å². The van der Waals surface area contributed by atoms with E-state index in [0.29, 0.717) is 0 Å². The lowest BCUT2D eigenvalue weighted by molar-refractivity contribution is 0.410. The number of hydrogen-bond donors (Lipinski definition) is 1. The van der Waals surface area contributed by atoms with Crippen LogP contribution >= 0.6 is 0 Å². The highest BCUT2D eigenvalue weighted by Crippen LogP contribution is 2.18. The maximum atomic E-state index is 5.67. The van der Waals surface area contributed by atoms with Gasteiger partial charge in [0.1, 0.15) is 0 Å². The lowest BCUT2D eigenvalue weighted by Gasteiger charge is -2.21. The van der Waals surface area contributed by atoms with Crippen LogP contribution in [0.1, 0.15) is 39.0 Å². The summed E-state index contributed by atoms with van der Waals surface area (Å²) in [5.74, 6) is 0.823. The van der Waals surface area contributed by atoms with Crippen molar-refractivity contribution in [1.82, 2.24) is 0 Å². The third kappa shape index (κ3) is 5.54. The number of para-hydroxylation sites is 1. The second-order valence-corrected chi connectivity index (χ2v) is 5.13. The third-order valence-corrected chi connectivity index (χ3v) is 3.57. The quantitative estimate of drug-likeness (QED) is 0.722. The summed E-state index contributed by atoms with van der Waals surface area (Å²) in [6, 6.07) is 10.6. The van der Waals surface area contributed by atoms with Crippen molar-refractivity contribution in [3.05, 3.63) is 30.3 Å². The molecule has 0 radical (unpaired) electrons. The molecule has 0 bridgehead atoms. The van der Waals surface area contributed by atoms with Gasteiger partial charge in [-0.3, -0.25) is 0 Å². The zero-order chi connectivity index (χ0) is 13.2. The first kappa shape index (κ1) is 15.0. The van der Waals surface area contributed by atoms with Crippen molar-refractivity contribution in [2.75, 3.05) is 25.0 Å². The summed E-state index contributed by atoms with van der Waals surface area (Å²) >= 11 is 0. The monoisotopic (exact) mass is 248 g/mol. The summed E-state index contributed by atoms with van der Waals surface area (Å²) in [6.07, 6.45) is 6.35. The highest BCUT2D eigenvalue weighted by atomic mass is 15.1. The van der Waals surface area contributed by atoms with Crippen LogP contribution in [0.25, 0.3) is 0 Å². The molecular weight excluding hydrogens is 220 g/mol. The molecule has 0 amide bonds. The molecule has 0 aliphatic heterocycles. The SMILES string of the molecule is CCCC(CCN)CCCN(C)c1ccccc1. The predicted molar refractivity (Wildman–Crippen MR) is 81.0 cm³/mol. The lowest BCUT2D eigenvalue weighted by atomic mass is 9.94. The molecule has 0 aliphatic carbocycles. The topological polar surface area (TPSA) is 29.3 Å². The van der Waals surface area contributed by atoms with Crippen LogP contribution in [0.3, 0.4) is 0 Å². The van der Waals surface area contributed by atoms with Crippen molar-refractivity contribution < 1.29 is 0 Å². The standard InChI is InChI=1S/C16H28N2/c1-3-8-15(12-13-17)9-7-14-18(2)16-10-5-4-6-11-16/h4-6,10-11,15H,3,7-9,12-14,17H2,1-2H3. The second kappa shape index (κ2) is 8.98. The lowest BCUT2D eigenvalue weighted by Crippen LogP contribution is -2.19. The van der Waals surface area contributed by atoms with Gasteiger partial charge >= 0.3 is 0 Å². The summed E-state index contributed by atoms with van der Waals surface area (Å²) < 4.78 is 0. The summed E-state index contributed by atoms with van der Waals surface area (Å²) in [5, 5.41) is 0. The van der Waals surface area contributed by atoms with Crippen molar-refractivity contribution in [1.29, 1.82) is 0 Å². The summed E-state index contributed by atoms with van der Waals surface area (Å²) in [7, 11) is 2.17. The Hall–Kier alpha value is -1.02. The fraction of sp³-hybridized carbons (Fsp3) is 0.625. The largest absolute Gasteiger partial charge is 0.375 e. The van der Waals surface area contributed by atoms with Crippen molar-refractivity contribution in [2.45, 2.75) is 39.0 Å². The van der Waals surface area contributed by atoms with Crippen molar-refractivity contribution in [3.63, 3.8) is 0 Å². The molecule has 0 aromatic heterocycles. The van der Waals surface area contributed by atoms with E-state index in [9.17, 15) is 0 Å². The molecule has 1 atom stereocenters. The Balaban J connectivity index is 2.27. The Morgan fingerprint density at radius 1 is 1.11 bits per heavy atom. The van der Waals surface area contributed by atoms with E-state index in [1.165, 1.54) is 37.8 Å². The van der Waals surface area contributed by atoms with Crippen LogP contribution in [0.15, 0.2) is 30.3 Å². The van der Waals surface area contributed by atoms with E-state index < -0.39 is 0 Å². The fourth-order valence-corrected chi connectivity index (χ4v) is 2.51. The molecule has 2 nitrogen and oxygen atoms in total. The van der Waals surface area contributed by atoms with Gasteiger partial charge in [0.15, 0.2) is 0 Å². The zero-order valence-electron chi connectivity index (χ0n) is 11.9. The van der Waals surface area contributed by atoms with Gasteiger partial charge in [-0.2, -0.15) is 0 Å². The first-order chi connectivity index (χ1) is 8.77. The summed E-state index contributed by atoms with van der Waals surface area (Å²) in [4.78, 5) is 2.34. The van der Waals surface area contributed by atoms with Gasteiger partial charge in [0.05, 0.1) is 0 Å². The number of anilines is 1. The maximum Gasteiger partial charge on any atom is 0.0363 e. The molecule has 1 aromatic carbocycles. The third-order valence-electron chi connectivity index (χ3n) is 3.57. The van der Waals surface area contributed by atoms with E-state index in [4.69, 9.17) is 5.73 Å². The molecule has 1 unspecified atom stereocenters. The van der Waals surface area contributed by atoms with Crippen molar-refractivity contribution in [3.8, 4) is 0 Å². The minimum atomic E-state index is 0.823. The highest BCUT2D eigenvalue weighted by Gasteiger charge is 2.07. The molecule has 0 saturated heterocycles. The molecule has 0 heterocycles. The van der Waals surface area contributed by atoms with Crippen LogP contribution in [0, 0.1) is 5.92 Å². The van der Waals surface area contributed by atoms with Gasteiger partial charge in [0, 0.05) is 19.3 Å². The van der Waals surface area contributed by atoms with Gasteiger partial charge in [-0.05, 0) is 43.9 Å². The van der Waals surface area contributed by atoms with E-state index in [-0.39, 0.29) is 0 Å².